The zero-order valence-corrected chi connectivity index (χ0v) is 13.8. The Kier molecular flexibility index (Phi) is 4.33. The van der Waals surface area contributed by atoms with Crippen LogP contribution >= 0.6 is 0 Å². The third-order valence-electron chi connectivity index (χ3n) is 5.57. The lowest BCUT2D eigenvalue weighted by molar-refractivity contribution is -0.118. The van der Waals surface area contributed by atoms with E-state index in [1.165, 1.54) is 12.0 Å². The molecule has 0 amide bonds. The van der Waals surface area contributed by atoms with Crippen LogP contribution < -0.4 is 9.47 Å². The molecule has 4 heteroatoms. The first-order chi connectivity index (χ1) is 10.6. The van der Waals surface area contributed by atoms with E-state index in [-0.39, 0.29) is 6.04 Å². The average Bonchev–Trinajstić information content (AvgIpc) is 2.54. The number of benzene rings is 1. The molecule has 3 unspecified atom stereocenters. The van der Waals surface area contributed by atoms with Crippen molar-refractivity contribution in [1.29, 1.82) is 0 Å². The van der Waals surface area contributed by atoms with Crippen LogP contribution in [-0.2, 0) is 0 Å². The highest BCUT2D eigenvalue weighted by molar-refractivity contribution is 5.44. The summed E-state index contributed by atoms with van der Waals surface area (Å²) >= 11 is 0. The van der Waals surface area contributed by atoms with Gasteiger partial charge < -0.3 is 14.6 Å². The second kappa shape index (κ2) is 6.09. The van der Waals surface area contributed by atoms with Crippen molar-refractivity contribution < 1.29 is 14.6 Å². The van der Waals surface area contributed by atoms with Crippen molar-refractivity contribution in [3.05, 3.63) is 23.8 Å². The van der Waals surface area contributed by atoms with Gasteiger partial charge >= 0.3 is 0 Å². The Labute approximate surface area is 133 Å². The van der Waals surface area contributed by atoms with Crippen molar-refractivity contribution >= 4 is 0 Å². The van der Waals surface area contributed by atoms with Crippen molar-refractivity contribution in [1.82, 2.24) is 4.90 Å². The second-order valence-electron chi connectivity index (χ2n) is 6.75. The minimum absolute atomic E-state index is 0.249. The van der Waals surface area contributed by atoms with Gasteiger partial charge in [0.15, 0.2) is 11.5 Å². The van der Waals surface area contributed by atoms with E-state index in [2.05, 4.69) is 24.1 Å². The molecular formula is C18H27NO3. The third kappa shape index (κ3) is 2.59. The highest BCUT2D eigenvalue weighted by atomic mass is 16.5. The van der Waals surface area contributed by atoms with E-state index in [4.69, 9.17) is 9.47 Å². The van der Waals surface area contributed by atoms with Crippen LogP contribution in [0.2, 0.25) is 0 Å². The zero-order chi connectivity index (χ0) is 15.7. The van der Waals surface area contributed by atoms with Crippen LogP contribution in [0.4, 0.5) is 0 Å². The molecule has 1 aliphatic heterocycles. The van der Waals surface area contributed by atoms with Crippen molar-refractivity contribution in [2.24, 2.45) is 5.92 Å². The van der Waals surface area contributed by atoms with Crippen molar-refractivity contribution in [2.45, 2.75) is 43.7 Å². The Hall–Kier alpha value is -1.26. The highest BCUT2D eigenvalue weighted by Gasteiger charge is 2.48. The number of ether oxygens (including phenoxy) is 2. The number of hydrogen-bond acceptors (Lipinski definition) is 4. The monoisotopic (exact) mass is 305 g/mol. The first kappa shape index (κ1) is 15.6. The molecule has 1 saturated heterocycles. The highest BCUT2D eigenvalue weighted by Crippen LogP contribution is 2.49. The molecule has 3 atom stereocenters. The van der Waals surface area contributed by atoms with Crippen LogP contribution in [0.25, 0.3) is 0 Å². The summed E-state index contributed by atoms with van der Waals surface area (Å²) in [5.74, 6) is 1.82. The van der Waals surface area contributed by atoms with Gasteiger partial charge in [-0.15, -0.1) is 0 Å². The molecule has 2 fully saturated rings. The van der Waals surface area contributed by atoms with Crippen LogP contribution in [-0.4, -0.2) is 43.4 Å². The van der Waals surface area contributed by atoms with Gasteiger partial charge in [0.05, 0.1) is 19.8 Å². The number of nitrogens with zero attached hydrogens (tertiary/aromatic N) is 1. The molecule has 2 aliphatic rings. The van der Waals surface area contributed by atoms with E-state index < -0.39 is 5.60 Å². The normalized spacial score (nSPS) is 32.4. The smallest absolute Gasteiger partial charge is 0.161 e. The molecule has 1 saturated carbocycles. The predicted octanol–water partition coefficient (Wildman–Crippen LogP) is 3.00. The van der Waals surface area contributed by atoms with Crippen LogP contribution in [0.3, 0.4) is 0 Å². The molecule has 3 rings (SSSR count). The lowest BCUT2D eigenvalue weighted by Crippen LogP contribution is -2.53. The molecule has 0 bridgehead atoms. The first-order valence-electron chi connectivity index (χ1n) is 8.23. The Morgan fingerprint density at radius 1 is 1.14 bits per heavy atom. The Morgan fingerprint density at radius 2 is 1.91 bits per heavy atom. The Morgan fingerprint density at radius 3 is 2.64 bits per heavy atom. The summed E-state index contributed by atoms with van der Waals surface area (Å²) in [7, 11) is 5.49. The molecule has 0 radical (unpaired) electrons. The minimum atomic E-state index is -0.497. The van der Waals surface area contributed by atoms with Crippen LogP contribution in [0.5, 0.6) is 11.5 Å². The second-order valence-corrected chi connectivity index (χ2v) is 6.75. The first-order valence-corrected chi connectivity index (χ1v) is 8.23. The van der Waals surface area contributed by atoms with Crippen molar-refractivity contribution in [3.63, 3.8) is 0 Å². The third-order valence-corrected chi connectivity index (χ3v) is 5.57. The molecule has 0 aromatic heterocycles. The molecule has 4 nitrogen and oxygen atoms in total. The number of piperidine rings is 1. The molecule has 122 valence electrons. The lowest BCUT2D eigenvalue weighted by Gasteiger charge is -2.51. The number of fused-ring (bicyclic) bond motifs is 1. The minimum Gasteiger partial charge on any atom is -0.493 e. The topological polar surface area (TPSA) is 41.9 Å². The number of methoxy groups -OCH3 is 2. The van der Waals surface area contributed by atoms with Crippen molar-refractivity contribution in [2.75, 3.05) is 27.8 Å². The number of aliphatic hydroxyl groups is 1. The van der Waals surface area contributed by atoms with Gasteiger partial charge in [-0.25, -0.2) is 0 Å². The fourth-order valence-corrected chi connectivity index (χ4v) is 4.35. The van der Waals surface area contributed by atoms with Crippen LogP contribution in [0, 0.1) is 5.92 Å². The van der Waals surface area contributed by atoms with Gasteiger partial charge in [-0.2, -0.15) is 0 Å². The maximum absolute atomic E-state index is 11.1. The summed E-state index contributed by atoms with van der Waals surface area (Å²) in [6.07, 6.45) is 5.28. The van der Waals surface area contributed by atoms with E-state index in [1.807, 2.05) is 6.07 Å². The summed E-state index contributed by atoms with van der Waals surface area (Å²) in [5.41, 5.74) is 0.716. The largest absolute Gasteiger partial charge is 0.493 e. The Bertz CT molecular complexity index is 533. The van der Waals surface area contributed by atoms with Gasteiger partial charge in [0.2, 0.25) is 0 Å². The maximum Gasteiger partial charge on any atom is 0.161 e. The standard InChI is InChI=1S/C18H27NO3/c1-19-11-10-18(20)9-5-4-6-14(18)17(19)13-7-8-15(21-2)16(12-13)22-3/h7-8,12,14,17,20H,4-6,9-11H2,1-3H3. The summed E-state index contributed by atoms with van der Waals surface area (Å²) in [4.78, 5) is 2.38. The van der Waals surface area contributed by atoms with Gasteiger partial charge in [0.1, 0.15) is 0 Å². The quantitative estimate of drug-likeness (QED) is 0.932. The van der Waals surface area contributed by atoms with E-state index >= 15 is 0 Å². The van der Waals surface area contributed by atoms with Crippen molar-refractivity contribution in [3.8, 4) is 11.5 Å². The number of likely N-dealkylation sites (tertiary alicyclic amines) is 1. The van der Waals surface area contributed by atoms with Gasteiger partial charge in [-0.05, 0) is 44.0 Å². The molecule has 1 aromatic carbocycles. The molecule has 22 heavy (non-hydrogen) atoms. The van der Waals surface area contributed by atoms with E-state index in [0.29, 0.717) is 5.92 Å². The van der Waals surface area contributed by atoms with E-state index in [9.17, 15) is 5.11 Å². The molecular weight excluding hydrogens is 278 g/mol. The molecule has 1 heterocycles. The molecule has 0 spiro atoms. The van der Waals surface area contributed by atoms with Gasteiger partial charge in [-0.3, -0.25) is 4.90 Å². The Balaban J connectivity index is 1.97. The number of rotatable bonds is 3. The zero-order valence-electron chi connectivity index (χ0n) is 13.8. The summed E-state index contributed by atoms with van der Waals surface area (Å²) in [6.45, 7) is 0.937. The number of hydrogen-bond donors (Lipinski definition) is 1. The van der Waals surface area contributed by atoms with Crippen LogP contribution in [0.1, 0.15) is 43.7 Å². The van der Waals surface area contributed by atoms with Crippen LogP contribution in [0.15, 0.2) is 18.2 Å². The summed E-state index contributed by atoms with van der Waals surface area (Å²) in [6, 6.07) is 6.40. The molecule has 1 aromatic rings. The molecule has 1 aliphatic carbocycles. The SMILES string of the molecule is COc1ccc(C2C3CCCCC3(O)CCN2C)cc1OC. The predicted molar refractivity (Wildman–Crippen MR) is 86.4 cm³/mol. The average molecular weight is 305 g/mol. The van der Waals surface area contributed by atoms with E-state index in [0.717, 1.165) is 43.7 Å². The summed E-state index contributed by atoms with van der Waals surface area (Å²) in [5, 5.41) is 11.1. The van der Waals surface area contributed by atoms with Gasteiger partial charge in [-0.1, -0.05) is 18.9 Å². The molecule has 1 N–H and O–H groups in total. The van der Waals surface area contributed by atoms with Gasteiger partial charge in [0, 0.05) is 18.5 Å². The fourth-order valence-electron chi connectivity index (χ4n) is 4.35. The summed E-state index contributed by atoms with van der Waals surface area (Å²) < 4.78 is 10.8. The van der Waals surface area contributed by atoms with Gasteiger partial charge in [0.25, 0.3) is 0 Å². The maximum atomic E-state index is 11.1. The fraction of sp³-hybridized carbons (Fsp3) is 0.667. The lowest BCUT2D eigenvalue weighted by atomic mass is 9.66. The van der Waals surface area contributed by atoms with E-state index in [1.54, 1.807) is 14.2 Å².